The highest BCUT2D eigenvalue weighted by Gasteiger charge is 2.10. The van der Waals surface area contributed by atoms with Gasteiger partial charge in [0.25, 0.3) is 0 Å². The monoisotopic (exact) mass is 193 g/mol. The van der Waals surface area contributed by atoms with Gasteiger partial charge >= 0.3 is 5.97 Å². The van der Waals surface area contributed by atoms with Crippen LogP contribution in [0.25, 0.3) is 0 Å². The van der Waals surface area contributed by atoms with E-state index in [1.165, 1.54) is 12.3 Å². The van der Waals surface area contributed by atoms with Crippen molar-refractivity contribution in [3.05, 3.63) is 30.0 Å². The van der Waals surface area contributed by atoms with Crippen molar-refractivity contribution in [1.82, 2.24) is 10.2 Å². The van der Waals surface area contributed by atoms with Crippen LogP contribution in [0.15, 0.2) is 24.4 Å². The summed E-state index contributed by atoms with van der Waals surface area (Å²) in [6.45, 7) is 6.01. The second kappa shape index (κ2) is 4.36. The summed E-state index contributed by atoms with van der Waals surface area (Å²) in [4.78, 5) is 10.7. The van der Waals surface area contributed by atoms with E-state index in [2.05, 4.69) is 22.1 Å². The SMILES string of the molecule is C=C(C)CNc1nnccc1C(=O)O. The van der Waals surface area contributed by atoms with E-state index in [1.54, 1.807) is 0 Å². The van der Waals surface area contributed by atoms with Gasteiger partial charge in [0.05, 0.1) is 6.20 Å². The van der Waals surface area contributed by atoms with Crippen LogP contribution in [0.4, 0.5) is 5.82 Å². The van der Waals surface area contributed by atoms with Gasteiger partial charge in [-0.15, -0.1) is 5.10 Å². The third-order valence-electron chi connectivity index (χ3n) is 1.51. The highest BCUT2D eigenvalue weighted by atomic mass is 16.4. The predicted octanol–water partition coefficient (Wildman–Crippen LogP) is 1.16. The molecule has 0 aliphatic heterocycles. The number of rotatable bonds is 4. The summed E-state index contributed by atoms with van der Waals surface area (Å²) in [5, 5.41) is 18.9. The summed E-state index contributed by atoms with van der Waals surface area (Å²) in [5.41, 5.74) is 1.01. The third kappa shape index (κ3) is 2.55. The number of nitrogens with zero attached hydrogens (tertiary/aromatic N) is 2. The highest BCUT2D eigenvalue weighted by Crippen LogP contribution is 2.09. The number of aromatic nitrogens is 2. The third-order valence-corrected chi connectivity index (χ3v) is 1.51. The van der Waals surface area contributed by atoms with Gasteiger partial charge in [0.1, 0.15) is 5.56 Å². The molecule has 1 aromatic rings. The minimum atomic E-state index is -1.02. The zero-order chi connectivity index (χ0) is 10.6. The van der Waals surface area contributed by atoms with Crippen LogP contribution in [-0.2, 0) is 0 Å². The Morgan fingerprint density at radius 3 is 3.00 bits per heavy atom. The van der Waals surface area contributed by atoms with Crippen LogP contribution >= 0.6 is 0 Å². The first-order valence-electron chi connectivity index (χ1n) is 4.04. The molecule has 0 aliphatic carbocycles. The number of hydrogen-bond acceptors (Lipinski definition) is 4. The fraction of sp³-hybridized carbons (Fsp3) is 0.222. The molecule has 5 heteroatoms. The number of carboxylic acids is 1. The number of hydrogen-bond donors (Lipinski definition) is 2. The van der Waals surface area contributed by atoms with E-state index in [4.69, 9.17) is 5.11 Å². The van der Waals surface area contributed by atoms with Gasteiger partial charge in [0.15, 0.2) is 5.82 Å². The first-order chi connectivity index (χ1) is 6.61. The summed E-state index contributed by atoms with van der Waals surface area (Å²) >= 11 is 0. The van der Waals surface area contributed by atoms with Crippen LogP contribution in [0.5, 0.6) is 0 Å². The van der Waals surface area contributed by atoms with Gasteiger partial charge in [-0.2, -0.15) is 5.10 Å². The zero-order valence-corrected chi connectivity index (χ0v) is 7.82. The fourth-order valence-corrected chi connectivity index (χ4v) is 0.870. The fourth-order valence-electron chi connectivity index (χ4n) is 0.870. The van der Waals surface area contributed by atoms with Gasteiger partial charge in [0, 0.05) is 6.54 Å². The average Bonchev–Trinajstić information content (AvgIpc) is 2.15. The summed E-state index contributed by atoms with van der Waals surface area (Å²) in [6.07, 6.45) is 1.34. The molecule has 0 unspecified atom stereocenters. The summed E-state index contributed by atoms with van der Waals surface area (Å²) in [5.74, 6) is -0.757. The Bertz CT molecular complexity index is 363. The normalized spacial score (nSPS) is 9.50. The zero-order valence-electron chi connectivity index (χ0n) is 7.82. The van der Waals surface area contributed by atoms with Crippen LogP contribution in [0.2, 0.25) is 0 Å². The molecule has 0 saturated heterocycles. The van der Waals surface area contributed by atoms with Gasteiger partial charge in [-0.3, -0.25) is 0 Å². The van der Waals surface area contributed by atoms with Crippen molar-refractivity contribution in [2.75, 3.05) is 11.9 Å². The van der Waals surface area contributed by atoms with E-state index in [9.17, 15) is 4.79 Å². The molecule has 5 nitrogen and oxygen atoms in total. The Hall–Kier alpha value is -1.91. The topological polar surface area (TPSA) is 75.1 Å². The maximum Gasteiger partial charge on any atom is 0.339 e. The molecule has 0 bridgehead atoms. The first-order valence-corrected chi connectivity index (χ1v) is 4.04. The molecule has 74 valence electrons. The molecule has 14 heavy (non-hydrogen) atoms. The Balaban J connectivity index is 2.84. The number of carboxylic acid groups (broad SMARTS) is 1. The molecule has 0 aromatic carbocycles. The van der Waals surface area contributed by atoms with Gasteiger partial charge in [-0.25, -0.2) is 4.79 Å². The van der Waals surface area contributed by atoms with E-state index in [1.807, 2.05) is 6.92 Å². The van der Waals surface area contributed by atoms with E-state index < -0.39 is 5.97 Å². The van der Waals surface area contributed by atoms with Crippen LogP contribution in [-0.4, -0.2) is 27.8 Å². The van der Waals surface area contributed by atoms with Crippen LogP contribution < -0.4 is 5.32 Å². The minimum absolute atomic E-state index is 0.112. The number of anilines is 1. The molecule has 0 radical (unpaired) electrons. The Morgan fingerprint density at radius 1 is 1.71 bits per heavy atom. The molecule has 0 fully saturated rings. The van der Waals surface area contributed by atoms with Crippen molar-refractivity contribution in [1.29, 1.82) is 0 Å². The predicted molar refractivity (Wildman–Crippen MR) is 52.3 cm³/mol. The average molecular weight is 193 g/mol. The molecule has 1 heterocycles. The summed E-state index contributed by atoms with van der Waals surface area (Å²) in [6, 6.07) is 1.40. The number of carbonyl (C=O) groups is 1. The molecule has 1 rings (SSSR count). The summed E-state index contributed by atoms with van der Waals surface area (Å²) < 4.78 is 0. The number of aromatic carboxylic acids is 1. The molecule has 0 spiro atoms. The molecule has 0 aliphatic rings. The lowest BCUT2D eigenvalue weighted by Crippen LogP contribution is -2.10. The van der Waals surface area contributed by atoms with Crippen LogP contribution in [0.3, 0.4) is 0 Å². The quantitative estimate of drug-likeness (QED) is 0.702. The number of nitrogens with one attached hydrogen (secondary N) is 1. The van der Waals surface area contributed by atoms with Crippen molar-refractivity contribution in [3.63, 3.8) is 0 Å². The smallest absolute Gasteiger partial charge is 0.339 e. The lowest BCUT2D eigenvalue weighted by Gasteiger charge is -2.06. The Labute approximate surface area is 81.5 Å². The van der Waals surface area contributed by atoms with Crippen molar-refractivity contribution < 1.29 is 9.90 Å². The van der Waals surface area contributed by atoms with Crippen molar-refractivity contribution >= 4 is 11.8 Å². The molecule has 0 saturated carbocycles. The molecule has 2 N–H and O–H groups in total. The maximum absolute atomic E-state index is 10.7. The van der Waals surface area contributed by atoms with E-state index >= 15 is 0 Å². The largest absolute Gasteiger partial charge is 0.478 e. The summed E-state index contributed by atoms with van der Waals surface area (Å²) in [7, 11) is 0. The first kappa shape index (κ1) is 10.2. The van der Waals surface area contributed by atoms with E-state index in [0.717, 1.165) is 5.57 Å². The van der Waals surface area contributed by atoms with Crippen molar-refractivity contribution in [2.24, 2.45) is 0 Å². The molecular weight excluding hydrogens is 182 g/mol. The second-order valence-corrected chi connectivity index (χ2v) is 2.91. The van der Waals surface area contributed by atoms with Crippen LogP contribution in [0.1, 0.15) is 17.3 Å². The molecule has 1 aromatic heterocycles. The van der Waals surface area contributed by atoms with Gasteiger partial charge in [-0.05, 0) is 13.0 Å². The second-order valence-electron chi connectivity index (χ2n) is 2.91. The van der Waals surface area contributed by atoms with Gasteiger partial charge in [-0.1, -0.05) is 12.2 Å². The highest BCUT2D eigenvalue weighted by molar-refractivity contribution is 5.92. The lowest BCUT2D eigenvalue weighted by molar-refractivity contribution is 0.0697. The maximum atomic E-state index is 10.7. The van der Waals surface area contributed by atoms with Crippen molar-refractivity contribution in [3.8, 4) is 0 Å². The Morgan fingerprint density at radius 2 is 2.43 bits per heavy atom. The van der Waals surface area contributed by atoms with Gasteiger partial charge < -0.3 is 10.4 Å². The van der Waals surface area contributed by atoms with Crippen molar-refractivity contribution in [2.45, 2.75) is 6.92 Å². The standard InChI is InChI=1S/C9H11N3O2/c1-6(2)5-10-8-7(9(13)14)3-4-11-12-8/h3-4H,1,5H2,2H3,(H,10,12)(H,13,14). The van der Waals surface area contributed by atoms with E-state index in [-0.39, 0.29) is 11.4 Å². The van der Waals surface area contributed by atoms with Gasteiger partial charge in [0.2, 0.25) is 0 Å². The molecule has 0 atom stereocenters. The minimum Gasteiger partial charge on any atom is -0.478 e. The van der Waals surface area contributed by atoms with E-state index in [0.29, 0.717) is 6.54 Å². The molecule has 0 amide bonds. The Kier molecular flexibility index (Phi) is 3.17. The van der Waals surface area contributed by atoms with Crippen LogP contribution in [0, 0.1) is 0 Å². The lowest BCUT2D eigenvalue weighted by atomic mass is 10.2. The molecular formula is C9H11N3O2.